The normalized spacial score (nSPS) is 18.3. The van der Waals surface area contributed by atoms with Crippen molar-refractivity contribution >= 4 is 35.2 Å². The van der Waals surface area contributed by atoms with Crippen LogP contribution in [0.5, 0.6) is 0 Å². The van der Waals surface area contributed by atoms with Gasteiger partial charge < -0.3 is 9.80 Å². The molecule has 0 bridgehead atoms. The first kappa shape index (κ1) is 29.0. The summed E-state index contributed by atoms with van der Waals surface area (Å²) in [6.45, 7) is 2.33. The first-order chi connectivity index (χ1) is 19.6. The predicted octanol–water partition coefficient (Wildman–Crippen LogP) is 6.99. The van der Waals surface area contributed by atoms with Crippen LogP contribution >= 0.6 is 11.6 Å². The number of piperidine rings is 1. The van der Waals surface area contributed by atoms with E-state index in [2.05, 4.69) is 9.89 Å². The van der Waals surface area contributed by atoms with Crippen molar-refractivity contribution in [3.8, 4) is 0 Å². The van der Waals surface area contributed by atoms with Crippen LogP contribution < -0.4 is 4.90 Å². The third kappa shape index (κ3) is 6.52. The Balaban J connectivity index is 1.21. The van der Waals surface area contributed by atoms with Gasteiger partial charge in [0.05, 0.1) is 11.8 Å². The minimum absolute atomic E-state index is 0.0899. The van der Waals surface area contributed by atoms with E-state index in [1.807, 2.05) is 0 Å². The summed E-state index contributed by atoms with van der Waals surface area (Å²) in [6.07, 6.45) is -1.52. The van der Waals surface area contributed by atoms with E-state index in [-0.39, 0.29) is 23.2 Å². The summed E-state index contributed by atoms with van der Waals surface area (Å²) in [5.74, 6) is -1.32. The maximum absolute atomic E-state index is 14.7. The quantitative estimate of drug-likeness (QED) is 0.222. The molecule has 2 aliphatic rings. The van der Waals surface area contributed by atoms with E-state index < -0.39 is 23.6 Å². The minimum Gasteiger partial charge on any atom is -0.307 e. The molecule has 1 unspecified atom stereocenters. The van der Waals surface area contributed by atoms with Crippen molar-refractivity contribution in [3.05, 3.63) is 99.8 Å². The molecule has 3 aromatic carbocycles. The molecule has 0 spiro atoms. The summed E-state index contributed by atoms with van der Waals surface area (Å²) < 4.78 is 53.9. The zero-order valence-corrected chi connectivity index (χ0v) is 22.8. The van der Waals surface area contributed by atoms with Crippen molar-refractivity contribution in [2.75, 3.05) is 31.1 Å². The molecule has 1 amide bonds. The first-order valence-corrected chi connectivity index (χ1v) is 13.8. The molecule has 5 nitrogen and oxygen atoms in total. The maximum Gasteiger partial charge on any atom is 0.416 e. The molecule has 10 heteroatoms. The Labute approximate surface area is 240 Å². The lowest BCUT2D eigenvalue weighted by molar-refractivity contribution is -0.137. The number of hydrogen-bond donors (Lipinski definition) is 0. The van der Waals surface area contributed by atoms with Gasteiger partial charge in [-0.1, -0.05) is 41.9 Å². The molecular formula is C31H28ClF4N3O2. The van der Waals surface area contributed by atoms with E-state index in [0.717, 1.165) is 12.1 Å². The Kier molecular flexibility index (Phi) is 8.56. The maximum atomic E-state index is 14.7. The standard InChI is InChI=1S/C31H28ClF4N3O2/c32-23-9-10-27-25(18-23)29(24-7-1-2-8-26(24)33)37-19-28(40)39(27)14-4-13-38-15-11-20(12-16-38)30(41)21-5-3-6-22(17-21)31(34,35)36/h1-3,5-10,17-20,29H,4,11-16H2. The lowest BCUT2D eigenvalue weighted by Gasteiger charge is -2.32. The minimum atomic E-state index is -4.49. The number of nitrogens with zero attached hydrogens (tertiary/aromatic N) is 3. The van der Waals surface area contributed by atoms with E-state index in [1.165, 1.54) is 24.4 Å². The Hall–Kier alpha value is -3.56. The number of benzene rings is 3. The fraction of sp³-hybridized carbons (Fsp3) is 0.323. The SMILES string of the molecule is O=C(c1cccc(C(F)(F)F)c1)C1CCN(CCCN2C(=O)C=NC(c3ccccc3F)c3cc(Cl)ccc32)CC1. The molecule has 0 saturated carbocycles. The topological polar surface area (TPSA) is 53.0 Å². The second-order valence-corrected chi connectivity index (χ2v) is 10.7. The fourth-order valence-electron chi connectivity index (χ4n) is 5.53. The third-order valence-corrected chi connectivity index (χ3v) is 7.90. The third-order valence-electron chi connectivity index (χ3n) is 7.66. The number of amides is 1. The average Bonchev–Trinajstić information content (AvgIpc) is 3.09. The van der Waals surface area contributed by atoms with E-state index in [1.54, 1.807) is 41.3 Å². The highest BCUT2D eigenvalue weighted by atomic mass is 35.5. The van der Waals surface area contributed by atoms with Crippen LogP contribution in [0, 0.1) is 11.7 Å². The number of ketones is 1. The molecule has 2 heterocycles. The first-order valence-electron chi connectivity index (χ1n) is 13.4. The van der Waals surface area contributed by atoms with Crippen LogP contribution in [0.1, 0.15) is 52.4 Å². The molecule has 41 heavy (non-hydrogen) atoms. The molecule has 3 aromatic rings. The number of fused-ring (bicyclic) bond motifs is 1. The van der Waals surface area contributed by atoms with E-state index >= 15 is 0 Å². The van der Waals surface area contributed by atoms with Crippen LogP contribution in [0.2, 0.25) is 5.02 Å². The monoisotopic (exact) mass is 585 g/mol. The molecule has 1 atom stereocenters. The highest BCUT2D eigenvalue weighted by Gasteiger charge is 2.33. The smallest absolute Gasteiger partial charge is 0.307 e. The van der Waals surface area contributed by atoms with E-state index in [4.69, 9.17) is 11.6 Å². The van der Waals surface area contributed by atoms with Crippen molar-refractivity contribution in [1.29, 1.82) is 0 Å². The second-order valence-electron chi connectivity index (χ2n) is 10.3. The van der Waals surface area contributed by atoms with Crippen LogP contribution in [0.25, 0.3) is 0 Å². The number of hydrogen-bond acceptors (Lipinski definition) is 4. The zero-order chi connectivity index (χ0) is 29.1. The summed E-state index contributed by atoms with van der Waals surface area (Å²) in [5, 5.41) is 0.456. The van der Waals surface area contributed by atoms with Gasteiger partial charge in [-0.05, 0) is 75.3 Å². The van der Waals surface area contributed by atoms with Gasteiger partial charge in [0.1, 0.15) is 11.9 Å². The lowest BCUT2D eigenvalue weighted by Crippen LogP contribution is -2.39. The lowest BCUT2D eigenvalue weighted by atomic mass is 9.88. The second kappa shape index (κ2) is 12.1. The van der Waals surface area contributed by atoms with Gasteiger partial charge in [-0.3, -0.25) is 14.6 Å². The van der Waals surface area contributed by atoms with Gasteiger partial charge in [-0.2, -0.15) is 13.2 Å². The Morgan fingerprint density at radius 2 is 1.71 bits per heavy atom. The molecule has 0 radical (unpaired) electrons. The largest absolute Gasteiger partial charge is 0.416 e. The number of likely N-dealkylation sites (tertiary alicyclic amines) is 1. The molecule has 2 aliphatic heterocycles. The summed E-state index contributed by atoms with van der Waals surface area (Å²) in [6, 6.07) is 15.4. The van der Waals surface area contributed by atoms with Crippen molar-refractivity contribution in [2.24, 2.45) is 10.9 Å². The number of alkyl halides is 3. The Morgan fingerprint density at radius 1 is 0.951 bits per heavy atom. The molecule has 0 aliphatic carbocycles. The van der Waals surface area contributed by atoms with Gasteiger partial charge in [0.15, 0.2) is 5.78 Å². The summed E-state index contributed by atoms with van der Waals surface area (Å²) in [4.78, 5) is 34.2. The highest BCUT2D eigenvalue weighted by molar-refractivity contribution is 6.34. The molecular weight excluding hydrogens is 558 g/mol. The molecule has 214 valence electrons. The molecule has 5 rings (SSSR count). The highest BCUT2D eigenvalue weighted by Crippen LogP contribution is 2.38. The van der Waals surface area contributed by atoms with Gasteiger partial charge >= 0.3 is 6.18 Å². The Bertz CT molecular complexity index is 1470. The number of carbonyl (C=O) groups excluding carboxylic acids is 2. The van der Waals surface area contributed by atoms with Crippen molar-refractivity contribution in [1.82, 2.24) is 4.90 Å². The number of rotatable bonds is 7. The van der Waals surface area contributed by atoms with Gasteiger partial charge in [0.2, 0.25) is 0 Å². The fourth-order valence-corrected chi connectivity index (χ4v) is 5.71. The van der Waals surface area contributed by atoms with Gasteiger partial charge in [-0.15, -0.1) is 0 Å². The van der Waals surface area contributed by atoms with Crippen molar-refractivity contribution < 1.29 is 27.2 Å². The number of Topliss-reactive ketones (excluding diaryl/α,β-unsaturated/α-hetero) is 1. The number of aliphatic imine (C=N–C) groups is 1. The summed E-state index contributed by atoms with van der Waals surface area (Å²) >= 11 is 6.28. The van der Waals surface area contributed by atoms with Gasteiger partial charge in [0, 0.05) is 39.9 Å². The van der Waals surface area contributed by atoms with Crippen LogP contribution in [0.3, 0.4) is 0 Å². The van der Waals surface area contributed by atoms with E-state index in [9.17, 15) is 27.2 Å². The van der Waals surface area contributed by atoms with Crippen LogP contribution in [0.4, 0.5) is 23.2 Å². The van der Waals surface area contributed by atoms with Gasteiger partial charge in [0.25, 0.3) is 5.91 Å². The summed E-state index contributed by atoms with van der Waals surface area (Å²) in [5.41, 5.74) is 0.878. The summed E-state index contributed by atoms with van der Waals surface area (Å²) in [7, 11) is 0. The zero-order valence-electron chi connectivity index (χ0n) is 22.1. The van der Waals surface area contributed by atoms with Crippen molar-refractivity contribution in [2.45, 2.75) is 31.5 Å². The van der Waals surface area contributed by atoms with Gasteiger partial charge in [-0.25, -0.2) is 4.39 Å². The van der Waals surface area contributed by atoms with Crippen LogP contribution in [-0.2, 0) is 11.0 Å². The van der Waals surface area contributed by atoms with E-state index in [0.29, 0.717) is 67.3 Å². The number of anilines is 1. The molecule has 0 aromatic heterocycles. The molecule has 1 fully saturated rings. The Morgan fingerprint density at radius 3 is 2.44 bits per heavy atom. The molecule has 0 N–H and O–H groups in total. The number of carbonyl (C=O) groups is 2. The van der Waals surface area contributed by atoms with Crippen LogP contribution in [-0.4, -0.2) is 49.0 Å². The molecule has 1 saturated heterocycles. The van der Waals surface area contributed by atoms with Crippen molar-refractivity contribution in [3.63, 3.8) is 0 Å². The van der Waals surface area contributed by atoms with Crippen LogP contribution in [0.15, 0.2) is 71.7 Å². The number of halogens is 5. The predicted molar refractivity (Wildman–Crippen MR) is 150 cm³/mol. The average molecular weight is 586 g/mol.